The third-order valence-corrected chi connectivity index (χ3v) is 4.61. The largest absolute Gasteiger partial charge is 0.369 e. The molecule has 108 valence electrons. The van der Waals surface area contributed by atoms with E-state index in [4.69, 9.17) is 11.6 Å². The number of nitrogens with zero attached hydrogens (tertiary/aromatic N) is 2. The van der Waals surface area contributed by atoms with Crippen molar-refractivity contribution in [2.75, 3.05) is 31.2 Å². The van der Waals surface area contributed by atoms with Gasteiger partial charge in [0, 0.05) is 30.3 Å². The molecule has 19 heavy (non-hydrogen) atoms. The Morgan fingerprint density at radius 3 is 2.74 bits per heavy atom. The Morgan fingerprint density at radius 1 is 1.53 bits per heavy atom. The van der Waals surface area contributed by atoms with E-state index in [0.29, 0.717) is 36.9 Å². The van der Waals surface area contributed by atoms with Crippen LogP contribution in [0.3, 0.4) is 0 Å². The molecule has 0 aliphatic heterocycles. The van der Waals surface area contributed by atoms with Gasteiger partial charge in [0.1, 0.15) is 5.82 Å². The van der Waals surface area contributed by atoms with E-state index in [0.717, 1.165) is 4.47 Å². The zero-order chi connectivity index (χ0) is 14.5. The molecule has 1 rings (SSSR count). The van der Waals surface area contributed by atoms with E-state index in [9.17, 15) is 8.42 Å². The lowest BCUT2D eigenvalue weighted by molar-refractivity contribution is 0.428. The fourth-order valence-electron chi connectivity index (χ4n) is 1.57. The van der Waals surface area contributed by atoms with Crippen molar-refractivity contribution < 1.29 is 8.42 Å². The number of sulfonamides is 1. The topological polar surface area (TPSA) is 62.3 Å². The van der Waals surface area contributed by atoms with Gasteiger partial charge in [0.15, 0.2) is 0 Å². The molecule has 0 fully saturated rings. The highest BCUT2D eigenvalue weighted by Crippen LogP contribution is 2.22. The van der Waals surface area contributed by atoms with Gasteiger partial charge in [-0.2, -0.15) is 0 Å². The van der Waals surface area contributed by atoms with Gasteiger partial charge in [0.2, 0.25) is 10.0 Å². The summed E-state index contributed by atoms with van der Waals surface area (Å²) in [4.78, 5) is 4.14. The fourth-order valence-corrected chi connectivity index (χ4v) is 3.19. The number of aromatic nitrogens is 1. The van der Waals surface area contributed by atoms with Crippen molar-refractivity contribution >= 4 is 43.4 Å². The summed E-state index contributed by atoms with van der Waals surface area (Å²) >= 11 is 9.29. The lowest BCUT2D eigenvalue weighted by atomic mass is 10.4. The van der Waals surface area contributed by atoms with E-state index < -0.39 is 10.0 Å². The predicted octanol–water partition coefficient (Wildman–Crippen LogP) is 2.58. The minimum absolute atomic E-state index is 0.482. The molecule has 0 aromatic carbocycles. The number of pyridine rings is 1. The molecule has 0 aliphatic carbocycles. The second kappa shape index (κ2) is 7.42. The molecule has 0 saturated heterocycles. The molecule has 0 amide bonds. The van der Waals surface area contributed by atoms with Crippen LogP contribution in [0.4, 0.5) is 5.82 Å². The molecule has 1 aromatic heterocycles. The van der Waals surface area contributed by atoms with Crippen LogP contribution in [0.15, 0.2) is 16.7 Å². The quantitative estimate of drug-likeness (QED) is 0.749. The molecule has 0 unspecified atom stereocenters. The van der Waals surface area contributed by atoms with Gasteiger partial charge >= 0.3 is 0 Å². The standard InChI is InChI=1S/C11H17BrClN3O2S/c1-3-16(19(2,17)18)6-4-5-14-11-10(13)7-9(12)8-15-11/h7-8H,3-6H2,1-2H3,(H,14,15). The predicted molar refractivity (Wildman–Crippen MR) is 82.1 cm³/mol. The van der Waals surface area contributed by atoms with Gasteiger partial charge < -0.3 is 5.32 Å². The van der Waals surface area contributed by atoms with Crippen LogP contribution >= 0.6 is 27.5 Å². The zero-order valence-corrected chi connectivity index (χ0v) is 14.0. The van der Waals surface area contributed by atoms with Gasteiger partial charge in [-0.25, -0.2) is 17.7 Å². The first-order valence-corrected chi connectivity index (χ1v) is 8.86. The van der Waals surface area contributed by atoms with Crippen LogP contribution in [0, 0.1) is 0 Å². The average molecular weight is 371 g/mol. The maximum Gasteiger partial charge on any atom is 0.211 e. The highest BCUT2D eigenvalue weighted by Gasteiger charge is 2.13. The average Bonchev–Trinajstić information content (AvgIpc) is 2.29. The monoisotopic (exact) mass is 369 g/mol. The zero-order valence-electron chi connectivity index (χ0n) is 10.9. The lowest BCUT2D eigenvalue weighted by Gasteiger charge is -2.17. The highest BCUT2D eigenvalue weighted by atomic mass is 79.9. The molecular weight excluding hydrogens is 354 g/mol. The second-order valence-electron chi connectivity index (χ2n) is 4.02. The molecule has 5 nitrogen and oxygen atoms in total. The van der Waals surface area contributed by atoms with Crippen LogP contribution < -0.4 is 5.32 Å². The summed E-state index contributed by atoms with van der Waals surface area (Å²) < 4.78 is 25.0. The Morgan fingerprint density at radius 2 is 2.21 bits per heavy atom. The Hall–Kier alpha value is -0.370. The van der Waals surface area contributed by atoms with Crippen LogP contribution in [0.2, 0.25) is 5.02 Å². The van der Waals surface area contributed by atoms with Crippen LogP contribution in [0.25, 0.3) is 0 Å². The summed E-state index contributed by atoms with van der Waals surface area (Å²) in [6, 6.07) is 1.76. The van der Waals surface area contributed by atoms with E-state index in [2.05, 4.69) is 26.2 Å². The Kier molecular flexibility index (Phi) is 6.52. The molecule has 0 atom stereocenters. The van der Waals surface area contributed by atoms with Crippen LogP contribution in [-0.4, -0.2) is 43.6 Å². The van der Waals surface area contributed by atoms with Crippen molar-refractivity contribution in [2.24, 2.45) is 0 Å². The normalized spacial score (nSPS) is 11.8. The molecule has 1 heterocycles. The number of hydrogen-bond acceptors (Lipinski definition) is 4. The Labute approximate surface area is 127 Å². The van der Waals surface area contributed by atoms with Crippen molar-refractivity contribution in [1.82, 2.24) is 9.29 Å². The highest BCUT2D eigenvalue weighted by molar-refractivity contribution is 9.10. The molecule has 0 radical (unpaired) electrons. The van der Waals surface area contributed by atoms with Gasteiger partial charge in [0.25, 0.3) is 0 Å². The maximum absolute atomic E-state index is 11.4. The van der Waals surface area contributed by atoms with Gasteiger partial charge in [-0.1, -0.05) is 18.5 Å². The van der Waals surface area contributed by atoms with E-state index in [-0.39, 0.29) is 0 Å². The second-order valence-corrected chi connectivity index (χ2v) is 7.32. The van der Waals surface area contributed by atoms with Crippen molar-refractivity contribution in [1.29, 1.82) is 0 Å². The molecule has 8 heteroatoms. The van der Waals surface area contributed by atoms with Gasteiger partial charge in [-0.15, -0.1) is 0 Å². The number of rotatable bonds is 7. The first kappa shape index (κ1) is 16.7. The summed E-state index contributed by atoms with van der Waals surface area (Å²) in [6.45, 7) is 3.40. The Bertz CT molecular complexity index is 525. The lowest BCUT2D eigenvalue weighted by Crippen LogP contribution is -2.31. The summed E-state index contributed by atoms with van der Waals surface area (Å²) in [6.07, 6.45) is 3.56. The van der Waals surface area contributed by atoms with Gasteiger partial charge in [-0.3, -0.25) is 0 Å². The molecule has 0 spiro atoms. The SMILES string of the molecule is CCN(CCCNc1ncc(Br)cc1Cl)S(C)(=O)=O. The first-order valence-electron chi connectivity index (χ1n) is 5.84. The van der Waals surface area contributed by atoms with Crippen LogP contribution in [0.1, 0.15) is 13.3 Å². The number of anilines is 1. The molecule has 0 saturated carbocycles. The van der Waals surface area contributed by atoms with Crippen molar-refractivity contribution in [2.45, 2.75) is 13.3 Å². The maximum atomic E-state index is 11.4. The van der Waals surface area contributed by atoms with E-state index in [1.807, 2.05) is 6.92 Å². The number of hydrogen-bond donors (Lipinski definition) is 1. The number of halogens is 2. The number of nitrogens with one attached hydrogen (secondary N) is 1. The minimum Gasteiger partial charge on any atom is -0.369 e. The minimum atomic E-state index is -3.12. The summed E-state index contributed by atoms with van der Waals surface area (Å²) in [5.74, 6) is 0.604. The fraction of sp³-hybridized carbons (Fsp3) is 0.545. The van der Waals surface area contributed by atoms with E-state index >= 15 is 0 Å². The van der Waals surface area contributed by atoms with Gasteiger partial charge in [-0.05, 0) is 28.4 Å². The van der Waals surface area contributed by atoms with Crippen molar-refractivity contribution in [3.05, 3.63) is 21.8 Å². The first-order chi connectivity index (χ1) is 8.84. The molecular formula is C11H17BrClN3O2S. The summed E-state index contributed by atoms with van der Waals surface area (Å²) in [7, 11) is -3.12. The van der Waals surface area contributed by atoms with Crippen LogP contribution in [0.5, 0.6) is 0 Å². The Balaban J connectivity index is 2.42. The van der Waals surface area contributed by atoms with E-state index in [1.165, 1.54) is 10.6 Å². The smallest absolute Gasteiger partial charge is 0.211 e. The molecule has 0 aliphatic rings. The van der Waals surface area contributed by atoms with Gasteiger partial charge in [0.05, 0.1) is 11.3 Å². The molecule has 1 N–H and O–H groups in total. The van der Waals surface area contributed by atoms with E-state index in [1.54, 1.807) is 12.3 Å². The summed E-state index contributed by atoms with van der Waals surface area (Å²) in [5, 5.41) is 3.62. The third kappa shape index (κ3) is 5.64. The van der Waals surface area contributed by atoms with Crippen LogP contribution in [-0.2, 0) is 10.0 Å². The molecule has 1 aromatic rings. The van der Waals surface area contributed by atoms with Crippen molar-refractivity contribution in [3.8, 4) is 0 Å². The summed E-state index contributed by atoms with van der Waals surface area (Å²) in [5.41, 5.74) is 0. The van der Waals surface area contributed by atoms with Crippen molar-refractivity contribution in [3.63, 3.8) is 0 Å². The third-order valence-electron chi connectivity index (χ3n) is 2.51. The molecule has 0 bridgehead atoms.